The Balaban J connectivity index is 1.83. The van der Waals surface area contributed by atoms with Gasteiger partial charge in [-0.25, -0.2) is 9.97 Å². The fourth-order valence-corrected chi connectivity index (χ4v) is 3.87. The van der Waals surface area contributed by atoms with Gasteiger partial charge < -0.3 is 10.2 Å². The highest BCUT2D eigenvalue weighted by molar-refractivity contribution is 9.10. The van der Waals surface area contributed by atoms with Crippen LogP contribution in [-0.4, -0.2) is 29.0 Å². The molecular formula is C15H17BrN4OS. The van der Waals surface area contributed by atoms with Gasteiger partial charge >= 0.3 is 0 Å². The molecule has 0 atom stereocenters. The van der Waals surface area contributed by atoms with Crippen LogP contribution in [0.25, 0.3) is 0 Å². The first kappa shape index (κ1) is 15.4. The second-order valence-electron chi connectivity index (χ2n) is 5.35. The van der Waals surface area contributed by atoms with Crippen molar-refractivity contribution in [2.24, 2.45) is 0 Å². The molecule has 0 saturated carbocycles. The number of aromatic nitrogens is 2. The number of carbonyl (C=O) groups excluding carboxylic acids is 1. The highest BCUT2D eigenvalue weighted by Crippen LogP contribution is 2.25. The summed E-state index contributed by atoms with van der Waals surface area (Å²) in [5.74, 6) is 0.642. The highest BCUT2D eigenvalue weighted by atomic mass is 79.9. The van der Waals surface area contributed by atoms with E-state index in [1.807, 2.05) is 25.3 Å². The van der Waals surface area contributed by atoms with E-state index in [1.54, 1.807) is 0 Å². The van der Waals surface area contributed by atoms with Gasteiger partial charge in [-0.05, 0) is 48.7 Å². The normalized spacial score (nSPS) is 14.4. The molecule has 0 spiro atoms. The van der Waals surface area contributed by atoms with E-state index in [-0.39, 0.29) is 5.91 Å². The van der Waals surface area contributed by atoms with E-state index in [4.69, 9.17) is 0 Å². The number of aryl methyl sites for hydroxylation is 2. The summed E-state index contributed by atoms with van der Waals surface area (Å²) < 4.78 is 0.914. The van der Waals surface area contributed by atoms with Crippen LogP contribution in [0.5, 0.6) is 0 Å². The summed E-state index contributed by atoms with van der Waals surface area (Å²) in [4.78, 5) is 24.3. The number of amides is 1. The number of nitrogens with zero attached hydrogens (tertiary/aromatic N) is 3. The molecule has 1 saturated heterocycles. The molecule has 1 fully saturated rings. The van der Waals surface area contributed by atoms with Crippen molar-refractivity contribution >= 4 is 44.8 Å². The van der Waals surface area contributed by atoms with Crippen molar-refractivity contribution in [1.82, 2.24) is 9.97 Å². The Bertz CT molecular complexity index is 686. The van der Waals surface area contributed by atoms with Crippen molar-refractivity contribution in [2.45, 2.75) is 26.7 Å². The molecule has 0 aromatic carbocycles. The summed E-state index contributed by atoms with van der Waals surface area (Å²) in [7, 11) is 0. The molecule has 0 unspecified atom stereocenters. The van der Waals surface area contributed by atoms with Crippen molar-refractivity contribution in [3.05, 3.63) is 32.2 Å². The summed E-state index contributed by atoms with van der Waals surface area (Å²) in [6.07, 6.45) is 2.38. The topological polar surface area (TPSA) is 58.1 Å². The van der Waals surface area contributed by atoms with Gasteiger partial charge in [0.15, 0.2) is 0 Å². The van der Waals surface area contributed by atoms with Crippen LogP contribution < -0.4 is 10.2 Å². The van der Waals surface area contributed by atoms with E-state index in [0.717, 1.165) is 34.9 Å². The quantitative estimate of drug-likeness (QED) is 0.880. The second kappa shape index (κ2) is 6.34. The van der Waals surface area contributed by atoms with Crippen molar-refractivity contribution in [2.75, 3.05) is 23.3 Å². The molecule has 0 aliphatic carbocycles. The van der Waals surface area contributed by atoms with Crippen LogP contribution in [0.2, 0.25) is 0 Å². The first-order chi connectivity index (χ1) is 10.5. The van der Waals surface area contributed by atoms with Gasteiger partial charge in [-0.2, -0.15) is 0 Å². The van der Waals surface area contributed by atoms with E-state index in [9.17, 15) is 4.79 Å². The van der Waals surface area contributed by atoms with Crippen molar-refractivity contribution in [3.8, 4) is 0 Å². The van der Waals surface area contributed by atoms with Crippen molar-refractivity contribution in [3.63, 3.8) is 0 Å². The van der Waals surface area contributed by atoms with Gasteiger partial charge in [-0.3, -0.25) is 4.79 Å². The Kier molecular flexibility index (Phi) is 4.44. The zero-order valence-electron chi connectivity index (χ0n) is 12.5. The molecule has 2 aromatic rings. The minimum absolute atomic E-state index is 0.126. The Hall–Kier alpha value is -1.47. The smallest absolute Gasteiger partial charge is 0.265 e. The second-order valence-corrected chi connectivity index (χ2v) is 7.17. The molecular weight excluding hydrogens is 364 g/mol. The predicted molar refractivity (Wildman–Crippen MR) is 92.9 cm³/mol. The third-order valence-electron chi connectivity index (χ3n) is 3.68. The zero-order chi connectivity index (χ0) is 15.7. The SMILES string of the molecule is Cc1nc(N2CCCC2)nc(C)c1NC(=O)c1cc(Br)cs1. The summed E-state index contributed by atoms with van der Waals surface area (Å²) in [5, 5.41) is 4.82. The van der Waals surface area contributed by atoms with Gasteiger partial charge in [0.05, 0.1) is 22.0 Å². The van der Waals surface area contributed by atoms with Gasteiger partial charge in [0, 0.05) is 22.9 Å². The van der Waals surface area contributed by atoms with Gasteiger partial charge in [0.2, 0.25) is 5.95 Å². The Morgan fingerprint density at radius 1 is 1.27 bits per heavy atom. The van der Waals surface area contributed by atoms with Gasteiger partial charge in [-0.1, -0.05) is 0 Å². The number of anilines is 2. The van der Waals surface area contributed by atoms with Crippen LogP contribution in [-0.2, 0) is 0 Å². The van der Waals surface area contributed by atoms with E-state index < -0.39 is 0 Å². The molecule has 5 nitrogen and oxygen atoms in total. The van der Waals surface area contributed by atoms with Gasteiger partial charge in [0.1, 0.15) is 0 Å². The first-order valence-electron chi connectivity index (χ1n) is 7.20. The summed E-state index contributed by atoms with van der Waals surface area (Å²) in [6.45, 7) is 5.84. The Labute approximate surface area is 141 Å². The zero-order valence-corrected chi connectivity index (χ0v) is 14.9. The molecule has 3 heterocycles. The van der Waals surface area contributed by atoms with Crippen LogP contribution >= 0.6 is 27.3 Å². The lowest BCUT2D eigenvalue weighted by Gasteiger charge is -2.18. The van der Waals surface area contributed by atoms with Crippen LogP contribution in [0.1, 0.15) is 33.9 Å². The molecule has 1 amide bonds. The standard InChI is InChI=1S/C15H17BrN4OS/c1-9-13(19-14(21)12-7-11(16)8-22-12)10(2)18-15(17-9)20-5-3-4-6-20/h7-8H,3-6H2,1-2H3,(H,19,21). The third-order valence-corrected chi connectivity index (χ3v) is 5.37. The Morgan fingerprint density at radius 3 is 2.45 bits per heavy atom. The van der Waals surface area contributed by atoms with E-state index in [1.165, 1.54) is 24.2 Å². The molecule has 116 valence electrons. The average molecular weight is 381 g/mol. The molecule has 7 heteroatoms. The highest BCUT2D eigenvalue weighted by Gasteiger charge is 2.19. The average Bonchev–Trinajstić information content (AvgIpc) is 3.13. The monoisotopic (exact) mass is 380 g/mol. The van der Waals surface area contributed by atoms with Crippen LogP contribution in [0.4, 0.5) is 11.6 Å². The lowest BCUT2D eigenvalue weighted by atomic mass is 10.2. The number of nitrogens with one attached hydrogen (secondary N) is 1. The van der Waals surface area contributed by atoms with Crippen molar-refractivity contribution in [1.29, 1.82) is 0 Å². The number of halogens is 1. The number of hydrogen-bond acceptors (Lipinski definition) is 5. The van der Waals surface area contributed by atoms with Crippen molar-refractivity contribution < 1.29 is 4.79 Å². The molecule has 1 aliphatic heterocycles. The maximum Gasteiger partial charge on any atom is 0.265 e. The third kappa shape index (κ3) is 3.15. The van der Waals surface area contributed by atoms with E-state index in [2.05, 4.69) is 36.1 Å². The van der Waals surface area contributed by atoms with E-state index in [0.29, 0.717) is 10.6 Å². The molecule has 3 rings (SSSR count). The number of carbonyl (C=O) groups is 1. The molecule has 1 aliphatic rings. The number of thiophene rings is 1. The fraction of sp³-hybridized carbons (Fsp3) is 0.400. The summed E-state index contributed by atoms with van der Waals surface area (Å²) in [5.41, 5.74) is 2.31. The first-order valence-corrected chi connectivity index (χ1v) is 8.87. The maximum absolute atomic E-state index is 12.3. The lowest BCUT2D eigenvalue weighted by Crippen LogP contribution is -2.22. The molecule has 1 N–H and O–H groups in total. The number of hydrogen-bond donors (Lipinski definition) is 1. The fourth-order valence-electron chi connectivity index (χ4n) is 2.55. The molecule has 0 radical (unpaired) electrons. The summed E-state index contributed by atoms with van der Waals surface area (Å²) in [6, 6.07) is 1.81. The van der Waals surface area contributed by atoms with Crippen LogP contribution in [0.15, 0.2) is 15.9 Å². The summed E-state index contributed by atoms with van der Waals surface area (Å²) >= 11 is 4.77. The minimum atomic E-state index is -0.126. The van der Waals surface area contributed by atoms with Gasteiger partial charge in [-0.15, -0.1) is 11.3 Å². The predicted octanol–water partition coefficient (Wildman–Crippen LogP) is 3.77. The molecule has 0 bridgehead atoms. The van der Waals surface area contributed by atoms with Crippen LogP contribution in [0, 0.1) is 13.8 Å². The molecule has 22 heavy (non-hydrogen) atoms. The van der Waals surface area contributed by atoms with E-state index >= 15 is 0 Å². The van der Waals surface area contributed by atoms with Gasteiger partial charge in [0.25, 0.3) is 5.91 Å². The Morgan fingerprint density at radius 2 is 1.91 bits per heavy atom. The minimum Gasteiger partial charge on any atom is -0.341 e. The number of rotatable bonds is 3. The maximum atomic E-state index is 12.3. The molecule has 2 aromatic heterocycles. The lowest BCUT2D eigenvalue weighted by molar-refractivity contribution is 0.103. The largest absolute Gasteiger partial charge is 0.341 e. The van der Waals surface area contributed by atoms with Crippen LogP contribution in [0.3, 0.4) is 0 Å².